The van der Waals surface area contributed by atoms with Gasteiger partial charge in [-0.15, -0.1) is 0 Å². The Bertz CT molecular complexity index is 871. The second kappa shape index (κ2) is 6.72. The molecule has 3 aliphatic rings. The van der Waals surface area contributed by atoms with Gasteiger partial charge in [0.15, 0.2) is 0 Å². The van der Waals surface area contributed by atoms with Gasteiger partial charge in [0, 0.05) is 62.5 Å². The van der Waals surface area contributed by atoms with Crippen molar-refractivity contribution in [2.45, 2.75) is 64.6 Å². The van der Waals surface area contributed by atoms with Crippen LogP contribution in [-0.4, -0.2) is 55.1 Å². The van der Waals surface area contributed by atoms with Gasteiger partial charge in [0.25, 0.3) is 0 Å². The molecule has 0 unspecified atom stereocenters. The standard InChI is InChI=1S/C21H30N6O/c1-3-26-13-17(15(2)24-26)12-25-10-7-21(8-11-25)19-18(22-14-23-19)6-9-27(21)20(28)16-4-5-16/h13-14,16H,3-12H2,1-2H3,(H,22,23). The topological polar surface area (TPSA) is 70.1 Å². The number of fused-ring (bicyclic) bond motifs is 2. The molecule has 5 rings (SSSR count). The van der Waals surface area contributed by atoms with E-state index in [1.807, 2.05) is 11.0 Å². The lowest BCUT2D eigenvalue weighted by Crippen LogP contribution is -2.58. The van der Waals surface area contributed by atoms with E-state index in [4.69, 9.17) is 4.98 Å². The first kappa shape index (κ1) is 17.9. The third-order valence-corrected chi connectivity index (χ3v) is 6.90. The first-order valence-corrected chi connectivity index (χ1v) is 10.7. The average molecular weight is 383 g/mol. The van der Waals surface area contributed by atoms with Gasteiger partial charge < -0.3 is 9.88 Å². The minimum absolute atomic E-state index is 0.216. The van der Waals surface area contributed by atoms with E-state index in [1.54, 1.807) is 0 Å². The van der Waals surface area contributed by atoms with Crippen LogP contribution in [0, 0.1) is 12.8 Å². The number of imidazole rings is 1. The summed E-state index contributed by atoms with van der Waals surface area (Å²) < 4.78 is 2.02. The Hall–Kier alpha value is -2.15. The molecule has 1 saturated heterocycles. The minimum Gasteiger partial charge on any atom is -0.348 e. The van der Waals surface area contributed by atoms with Crippen LogP contribution in [0.2, 0.25) is 0 Å². The summed E-state index contributed by atoms with van der Waals surface area (Å²) >= 11 is 0. The van der Waals surface area contributed by atoms with Crippen molar-refractivity contribution in [2.24, 2.45) is 5.92 Å². The third kappa shape index (κ3) is 2.87. The van der Waals surface area contributed by atoms with E-state index in [0.717, 1.165) is 76.2 Å². The van der Waals surface area contributed by atoms with Crippen molar-refractivity contribution in [3.05, 3.63) is 35.2 Å². The van der Waals surface area contributed by atoms with Gasteiger partial charge in [-0.05, 0) is 39.5 Å². The normalized spacial score (nSPS) is 21.9. The lowest BCUT2D eigenvalue weighted by Gasteiger charge is -2.50. The minimum atomic E-state index is -0.216. The van der Waals surface area contributed by atoms with Crippen molar-refractivity contribution >= 4 is 5.91 Å². The van der Waals surface area contributed by atoms with E-state index in [9.17, 15) is 4.79 Å². The van der Waals surface area contributed by atoms with E-state index in [-0.39, 0.29) is 11.5 Å². The predicted molar refractivity (Wildman–Crippen MR) is 106 cm³/mol. The Balaban J connectivity index is 1.36. The Morgan fingerprint density at radius 3 is 2.75 bits per heavy atom. The second-order valence-electron chi connectivity index (χ2n) is 8.65. The molecule has 1 saturated carbocycles. The molecular weight excluding hydrogens is 352 g/mol. The van der Waals surface area contributed by atoms with E-state index in [1.165, 1.54) is 11.3 Å². The largest absolute Gasteiger partial charge is 0.348 e. The van der Waals surface area contributed by atoms with Crippen molar-refractivity contribution in [2.75, 3.05) is 19.6 Å². The maximum atomic E-state index is 13.1. The summed E-state index contributed by atoms with van der Waals surface area (Å²) in [6.07, 6.45) is 8.93. The third-order valence-electron chi connectivity index (χ3n) is 6.90. The SMILES string of the molecule is CCn1cc(CN2CCC3(CC2)c2nc[nH]c2CCN3C(=O)C2CC2)c(C)n1. The fourth-order valence-corrected chi connectivity index (χ4v) is 5.05. The molecule has 7 nitrogen and oxygen atoms in total. The molecule has 28 heavy (non-hydrogen) atoms. The molecule has 1 N–H and O–H groups in total. The summed E-state index contributed by atoms with van der Waals surface area (Å²) in [5.74, 6) is 0.625. The van der Waals surface area contributed by atoms with E-state index < -0.39 is 0 Å². The number of nitrogens with one attached hydrogen (secondary N) is 1. The first-order valence-electron chi connectivity index (χ1n) is 10.7. The molecule has 0 atom stereocenters. The van der Waals surface area contributed by atoms with Gasteiger partial charge in [-0.2, -0.15) is 5.10 Å². The van der Waals surface area contributed by atoms with E-state index in [0.29, 0.717) is 5.91 Å². The lowest BCUT2D eigenvalue weighted by atomic mass is 9.78. The maximum absolute atomic E-state index is 13.1. The van der Waals surface area contributed by atoms with Crippen molar-refractivity contribution in [1.29, 1.82) is 0 Å². The Kier molecular flexibility index (Phi) is 4.30. The zero-order valence-electron chi connectivity index (χ0n) is 16.9. The molecule has 1 amide bonds. The Morgan fingerprint density at radius 2 is 2.07 bits per heavy atom. The van der Waals surface area contributed by atoms with Gasteiger partial charge in [-0.3, -0.25) is 14.4 Å². The number of carbonyl (C=O) groups is 1. The van der Waals surface area contributed by atoms with Crippen molar-refractivity contribution in [1.82, 2.24) is 29.5 Å². The Morgan fingerprint density at radius 1 is 1.29 bits per heavy atom. The van der Waals surface area contributed by atoms with E-state index >= 15 is 0 Å². The molecule has 1 spiro atoms. The van der Waals surface area contributed by atoms with E-state index in [2.05, 4.69) is 39.9 Å². The molecule has 150 valence electrons. The number of likely N-dealkylation sites (tertiary alicyclic amines) is 1. The number of piperidine rings is 1. The molecule has 0 radical (unpaired) electrons. The molecule has 2 aliphatic heterocycles. The van der Waals surface area contributed by atoms with Crippen LogP contribution in [-0.2, 0) is 29.8 Å². The smallest absolute Gasteiger partial charge is 0.226 e. The highest BCUT2D eigenvalue weighted by molar-refractivity contribution is 5.82. The molecule has 0 aromatic carbocycles. The van der Waals surface area contributed by atoms with Gasteiger partial charge in [-0.25, -0.2) is 4.98 Å². The zero-order chi connectivity index (χ0) is 19.3. The van der Waals surface area contributed by atoms with Crippen LogP contribution in [0.4, 0.5) is 0 Å². The first-order chi connectivity index (χ1) is 13.6. The zero-order valence-corrected chi connectivity index (χ0v) is 16.9. The van der Waals surface area contributed by atoms with Crippen LogP contribution >= 0.6 is 0 Å². The molecule has 1 aliphatic carbocycles. The van der Waals surface area contributed by atoms with Crippen LogP contribution in [0.25, 0.3) is 0 Å². The maximum Gasteiger partial charge on any atom is 0.226 e. The van der Waals surface area contributed by atoms with Gasteiger partial charge >= 0.3 is 0 Å². The van der Waals surface area contributed by atoms with Crippen molar-refractivity contribution in [3.8, 4) is 0 Å². The predicted octanol–water partition coefficient (Wildman–Crippen LogP) is 2.22. The number of rotatable bonds is 4. The van der Waals surface area contributed by atoms with Gasteiger partial charge in [0.05, 0.1) is 23.3 Å². The van der Waals surface area contributed by atoms with Gasteiger partial charge in [-0.1, -0.05) is 0 Å². The fraction of sp³-hybridized carbons (Fsp3) is 0.667. The summed E-state index contributed by atoms with van der Waals surface area (Å²) in [5, 5.41) is 4.59. The number of aromatic amines is 1. The summed E-state index contributed by atoms with van der Waals surface area (Å²) in [7, 11) is 0. The molecule has 7 heteroatoms. The summed E-state index contributed by atoms with van der Waals surface area (Å²) in [6, 6.07) is 0. The van der Waals surface area contributed by atoms with Crippen LogP contribution in [0.3, 0.4) is 0 Å². The molecule has 4 heterocycles. The molecule has 2 aromatic heterocycles. The van der Waals surface area contributed by atoms with Gasteiger partial charge in [0.2, 0.25) is 5.91 Å². The van der Waals surface area contributed by atoms with Crippen LogP contribution in [0.15, 0.2) is 12.5 Å². The second-order valence-corrected chi connectivity index (χ2v) is 8.65. The average Bonchev–Trinajstić information content (AvgIpc) is 3.34. The monoisotopic (exact) mass is 382 g/mol. The number of aromatic nitrogens is 4. The van der Waals surface area contributed by atoms with Crippen LogP contribution in [0.1, 0.15) is 55.3 Å². The highest BCUT2D eigenvalue weighted by Gasteiger charge is 2.50. The van der Waals surface area contributed by atoms with Crippen molar-refractivity contribution in [3.63, 3.8) is 0 Å². The number of hydrogen-bond acceptors (Lipinski definition) is 4. The molecule has 2 fully saturated rings. The van der Waals surface area contributed by atoms with Crippen molar-refractivity contribution < 1.29 is 4.79 Å². The lowest BCUT2D eigenvalue weighted by molar-refractivity contribution is -0.143. The number of nitrogens with zero attached hydrogens (tertiary/aromatic N) is 5. The fourth-order valence-electron chi connectivity index (χ4n) is 5.05. The summed E-state index contributed by atoms with van der Waals surface area (Å²) in [4.78, 5) is 25.8. The number of carbonyl (C=O) groups excluding carboxylic acids is 1. The Labute approximate surface area is 166 Å². The number of aryl methyl sites for hydroxylation is 2. The summed E-state index contributed by atoms with van der Waals surface area (Å²) in [6.45, 7) is 8.86. The van der Waals surface area contributed by atoms with Gasteiger partial charge in [0.1, 0.15) is 0 Å². The number of amides is 1. The number of H-pyrrole nitrogens is 1. The van der Waals surface area contributed by atoms with Crippen LogP contribution < -0.4 is 0 Å². The molecule has 2 aromatic rings. The molecular formula is C21H30N6O. The quantitative estimate of drug-likeness (QED) is 0.880. The highest BCUT2D eigenvalue weighted by atomic mass is 16.2. The van der Waals surface area contributed by atoms with Crippen LogP contribution in [0.5, 0.6) is 0 Å². The highest BCUT2D eigenvalue weighted by Crippen LogP contribution is 2.45. The molecule has 0 bridgehead atoms. The number of hydrogen-bond donors (Lipinski definition) is 1. The summed E-state index contributed by atoms with van der Waals surface area (Å²) in [5.41, 5.74) is 4.58.